The van der Waals surface area contributed by atoms with Crippen molar-refractivity contribution >= 4 is 35.9 Å². The molecule has 1 aliphatic heterocycles. The number of benzene rings is 1. The third-order valence-corrected chi connectivity index (χ3v) is 5.53. The minimum absolute atomic E-state index is 0.00156. The second-order valence-corrected chi connectivity index (χ2v) is 8.57. The number of carbonyl (C=O) groups excluding carboxylic acids is 5. The van der Waals surface area contributed by atoms with Gasteiger partial charge in [-0.25, -0.2) is 4.79 Å². The number of para-hydroxylation sites is 1. The average molecular weight is 493 g/mol. The maximum atomic E-state index is 12.9. The first-order valence-corrected chi connectivity index (χ1v) is 11.5. The molecule has 3 N–H and O–H groups in total. The third-order valence-electron chi connectivity index (χ3n) is 5.53. The topological polar surface area (TPSA) is 157 Å². The number of unbranched alkanes of at least 4 members (excludes halogenated alkanes) is 1. The van der Waals surface area contributed by atoms with Crippen LogP contribution in [0.15, 0.2) is 18.2 Å². The van der Waals surface area contributed by atoms with E-state index in [-0.39, 0.29) is 11.3 Å². The molecule has 4 atom stereocenters. The van der Waals surface area contributed by atoms with Gasteiger partial charge in [0.05, 0.1) is 23.1 Å². The number of hydrogen-bond donors (Lipinski definition) is 3. The van der Waals surface area contributed by atoms with Crippen molar-refractivity contribution in [1.82, 2.24) is 5.32 Å². The largest absolute Gasteiger partial charge is 0.505 e. The maximum Gasteiger partial charge on any atom is 0.332 e. The molecule has 0 aromatic heterocycles. The number of amides is 2. The summed E-state index contributed by atoms with van der Waals surface area (Å²) in [6, 6.07) is 2.71. The van der Waals surface area contributed by atoms with Gasteiger partial charge in [-0.1, -0.05) is 39.7 Å². The summed E-state index contributed by atoms with van der Waals surface area (Å²) < 4.78 is 16.4. The van der Waals surface area contributed by atoms with Crippen LogP contribution in [-0.2, 0) is 33.4 Å². The number of nitrogens with one attached hydrogen (secondary N) is 2. The number of hydrogen-bond acceptors (Lipinski definition) is 9. The van der Waals surface area contributed by atoms with Crippen LogP contribution in [0.1, 0.15) is 57.3 Å². The van der Waals surface area contributed by atoms with Gasteiger partial charge in [-0.3, -0.25) is 19.2 Å². The number of anilines is 1. The summed E-state index contributed by atoms with van der Waals surface area (Å²) in [5.74, 6) is -4.80. The zero-order valence-corrected chi connectivity index (χ0v) is 20.2. The van der Waals surface area contributed by atoms with Crippen molar-refractivity contribution in [3.8, 4) is 5.75 Å². The molecule has 2 amide bonds. The Morgan fingerprint density at radius 1 is 1.26 bits per heavy atom. The van der Waals surface area contributed by atoms with Gasteiger partial charge in [0.1, 0.15) is 12.7 Å². The molecule has 1 fully saturated rings. The summed E-state index contributed by atoms with van der Waals surface area (Å²) in [5.41, 5.74) is -0.216. The van der Waals surface area contributed by atoms with Crippen molar-refractivity contribution < 1.29 is 43.3 Å². The molecule has 0 bridgehead atoms. The Balaban J connectivity index is 2.28. The number of rotatable bonds is 9. The van der Waals surface area contributed by atoms with E-state index in [0.717, 1.165) is 6.42 Å². The first-order valence-electron chi connectivity index (χ1n) is 11.5. The Bertz CT molecular complexity index is 947. The van der Waals surface area contributed by atoms with Crippen LogP contribution in [0.4, 0.5) is 5.69 Å². The van der Waals surface area contributed by atoms with Crippen LogP contribution in [0, 0.1) is 11.8 Å². The number of ether oxygens (including phenoxy) is 3. The summed E-state index contributed by atoms with van der Waals surface area (Å²) in [6.45, 7) is 6.23. The van der Waals surface area contributed by atoms with Gasteiger partial charge in [-0.05, 0) is 25.5 Å². The highest BCUT2D eigenvalue weighted by Crippen LogP contribution is 2.28. The van der Waals surface area contributed by atoms with Crippen molar-refractivity contribution in [1.29, 1.82) is 0 Å². The Labute approximate surface area is 203 Å². The van der Waals surface area contributed by atoms with E-state index in [0.29, 0.717) is 19.3 Å². The average Bonchev–Trinajstić information content (AvgIpc) is 2.84. The highest BCUT2D eigenvalue weighted by Gasteiger charge is 2.41. The Morgan fingerprint density at radius 2 is 1.97 bits per heavy atom. The molecular formula is C24H32N2O9. The Hall–Kier alpha value is -3.63. The number of esters is 3. The number of phenolic OH excluding ortho intramolecular Hbond substituents is 1. The molecule has 192 valence electrons. The lowest BCUT2D eigenvalue weighted by molar-refractivity contribution is -0.177. The number of aromatic hydroxyl groups is 1. The lowest BCUT2D eigenvalue weighted by Gasteiger charge is -2.29. The molecule has 4 unspecified atom stereocenters. The zero-order chi connectivity index (χ0) is 26.1. The number of phenols is 1. The van der Waals surface area contributed by atoms with E-state index in [1.54, 1.807) is 13.8 Å². The lowest BCUT2D eigenvalue weighted by atomic mass is 9.92. The molecule has 1 aromatic rings. The summed E-state index contributed by atoms with van der Waals surface area (Å²) in [7, 11) is 0. The Morgan fingerprint density at radius 3 is 2.60 bits per heavy atom. The van der Waals surface area contributed by atoms with E-state index in [4.69, 9.17) is 14.2 Å². The maximum absolute atomic E-state index is 12.9. The molecular weight excluding hydrogens is 460 g/mol. The van der Waals surface area contributed by atoms with Crippen LogP contribution >= 0.6 is 0 Å². The quantitative estimate of drug-likeness (QED) is 0.203. The second kappa shape index (κ2) is 12.7. The predicted molar refractivity (Wildman–Crippen MR) is 123 cm³/mol. The van der Waals surface area contributed by atoms with Crippen molar-refractivity contribution in [2.45, 2.75) is 65.2 Å². The summed E-state index contributed by atoms with van der Waals surface area (Å²) in [6.07, 6.45) is 0.0755. The van der Waals surface area contributed by atoms with Crippen LogP contribution in [0.5, 0.6) is 5.75 Å². The van der Waals surface area contributed by atoms with Crippen molar-refractivity contribution in [3.63, 3.8) is 0 Å². The molecule has 35 heavy (non-hydrogen) atoms. The van der Waals surface area contributed by atoms with Crippen LogP contribution in [0.3, 0.4) is 0 Å². The molecule has 11 heteroatoms. The van der Waals surface area contributed by atoms with E-state index >= 15 is 0 Å². The van der Waals surface area contributed by atoms with Gasteiger partial charge in [0, 0.05) is 0 Å². The first-order chi connectivity index (χ1) is 16.6. The lowest BCUT2D eigenvalue weighted by Crippen LogP contribution is -2.46. The number of carbonyl (C=O) groups is 5. The van der Waals surface area contributed by atoms with Crippen LogP contribution in [0.25, 0.3) is 0 Å². The van der Waals surface area contributed by atoms with Gasteiger partial charge in [-0.2, -0.15) is 0 Å². The van der Waals surface area contributed by atoms with E-state index in [1.165, 1.54) is 25.1 Å². The Kier molecular flexibility index (Phi) is 10.0. The molecule has 2 rings (SSSR count). The normalized spacial score (nSPS) is 22.7. The SMILES string of the molecule is CCCCC1C(=O)OCC(NC(=O)c2cccc(NC=O)c2O)C(=O)OC(C)C1OC(=O)C(C)C. The minimum Gasteiger partial charge on any atom is -0.505 e. The minimum atomic E-state index is -1.39. The highest BCUT2D eigenvalue weighted by atomic mass is 16.6. The zero-order valence-electron chi connectivity index (χ0n) is 20.2. The van der Waals surface area contributed by atoms with E-state index in [1.807, 2.05) is 6.92 Å². The van der Waals surface area contributed by atoms with Crippen molar-refractivity contribution in [2.24, 2.45) is 11.8 Å². The van der Waals surface area contributed by atoms with Crippen LogP contribution in [0.2, 0.25) is 0 Å². The fourth-order valence-corrected chi connectivity index (χ4v) is 3.53. The molecule has 0 aliphatic carbocycles. The van der Waals surface area contributed by atoms with E-state index < -0.39 is 66.3 Å². The van der Waals surface area contributed by atoms with Gasteiger partial charge in [0.2, 0.25) is 6.41 Å². The molecule has 0 saturated carbocycles. The van der Waals surface area contributed by atoms with E-state index in [9.17, 15) is 29.1 Å². The van der Waals surface area contributed by atoms with Gasteiger partial charge in [0.15, 0.2) is 17.9 Å². The molecule has 1 saturated heterocycles. The van der Waals surface area contributed by atoms with Gasteiger partial charge in [-0.15, -0.1) is 0 Å². The van der Waals surface area contributed by atoms with Gasteiger partial charge in [0.25, 0.3) is 5.91 Å². The van der Waals surface area contributed by atoms with Gasteiger partial charge < -0.3 is 30.0 Å². The first kappa shape index (κ1) is 27.6. The fraction of sp³-hybridized carbons (Fsp3) is 0.542. The fourth-order valence-electron chi connectivity index (χ4n) is 3.53. The second-order valence-electron chi connectivity index (χ2n) is 8.57. The van der Waals surface area contributed by atoms with Crippen molar-refractivity contribution in [2.75, 3.05) is 11.9 Å². The monoisotopic (exact) mass is 492 g/mol. The van der Waals surface area contributed by atoms with Gasteiger partial charge >= 0.3 is 17.9 Å². The summed E-state index contributed by atoms with van der Waals surface area (Å²) in [5, 5.41) is 14.9. The predicted octanol–water partition coefficient (Wildman–Crippen LogP) is 1.92. The highest BCUT2D eigenvalue weighted by molar-refractivity contribution is 6.01. The number of cyclic esters (lactones) is 2. The molecule has 1 heterocycles. The van der Waals surface area contributed by atoms with Crippen LogP contribution in [-0.4, -0.2) is 60.2 Å². The standard InChI is InChI=1S/C24H32N2O9/c1-5-6-8-16-20(35-22(30)13(2)3)14(4)34-24(32)18(11-33-23(16)31)26-21(29)15-9-7-10-17(19(15)28)25-12-27/h7,9-10,12-14,16,18,20,28H,5-6,8,11H2,1-4H3,(H,25,27)(H,26,29). The smallest absolute Gasteiger partial charge is 0.332 e. The molecule has 0 spiro atoms. The summed E-state index contributed by atoms with van der Waals surface area (Å²) in [4.78, 5) is 61.5. The molecule has 1 aromatic carbocycles. The molecule has 1 aliphatic rings. The third kappa shape index (κ3) is 7.17. The van der Waals surface area contributed by atoms with Crippen molar-refractivity contribution in [3.05, 3.63) is 23.8 Å². The van der Waals surface area contributed by atoms with Crippen LogP contribution < -0.4 is 10.6 Å². The summed E-state index contributed by atoms with van der Waals surface area (Å²) >= 11 is 0. The molecule has 0 radical (unpaired) electrons. The molecule has 11 nitrogen and oxygen atoms in total. The van der Waals surface area contributed by atoms with E-state index in [2.05, 4.69) is 10.6 Å².